The van der Waals surface area contributed by atoms with E-state index >= 15 is 0 Å². The minimum Gasteiger partial charge on any atom is -0.176 e. The zero-order valence-corrected chi connectivity index (χ0v) is 8.14. The van der Waals surface area contributed by atoms with Gasteiger partial charge in [-0.15, -0.1) is 0 Å². The SMILES string of the molecule is CSCCC(C)C(C)S. The number of hydrogen-bond acceptors (Lipinski definition) is 2. The molecule has 0 bridgehead atoms. The van der Waals surface area contributed by atoms with Crippen LogP contribution in [0.5, 0.6) is 0 Å². The lowest BCUT2D eigenvalue weighted by Crippen LogP contribution is -2.07. The summed E-state index contributed by atoms with van der Waals surface area (Å²) in [4.78, 5) is 0. The lowest BCUT2D eigenvalue weighted by Gasteiger charge is -2.12. The molecule has 0 N–H and O–H groups in total. The monoisotopic (exact) mass is 164 g/mol. The van der Waals surface area contributed by atoms with Gasteiger partial charge >= 0.3 is 0 Å². The molecule has 0 radical (unpaired) electrons. The van der Waals surface area contributed by atoms with Crippen LogP contribution in [0.25, 0.3) is 0 Å². The molecule has 0 rings (SSSR count). The summed E-state index contributed by atoms with van der Waals surface area (Å²) >= 11 is 6.27. The average Bonchev–Trinajstić information content (AvgIpc) is 1.82. The topological polar surface area (TPSA) is 0 Å². The fourth-order valence-electron chi connectivity index (χ4n) is 0.545. The van der Waals surface area contributed by atoms with E-state index in [4.69, 9.17) is 0 Å². The molecule has 0 nitrogen and oxygen atoms in total. The van der Waals surface area contributed by atoms with Gasteiger partial charge in [-0.05, 0) is 24.3 Å². The number of thioether (sulfide) groups is 1. The molecule has 0 amide bonds. The highest BCUT2D eigenvalue weighted by Gasteiger charge is 2.05. The second kappa shape index (κ2) is 5.48. The van der Waals surface area contributed by atoms with Gasteiger partial charge in [0, 0.05) is 5.25 Å². The van der Waals surface area contributed by atoms with E-state index in [0.29, 0.717) is 5.25 Å². The van der Waals surface area contributed by atoms with Gasteiger partial charge < -0.3 is 0 Å². The van der Waals surface area contributed by atoms with Crippen LogP contribution in [-0.2, 0) is 0 Å². The van der Waals surface area contributed by atoms with E-state index in [1.54, 1.807) is 0 Å². The minimum atomic E-state index is 0.553. The van der Waals surface area contributed by atoms with E-state index in [9.17, 15) is 0 Å². The van der Waals surface area contributed by atoms with Crippen molar-refractivity contribution in [2.24, 2.45) is 5.92 Å². The third kappa shape index (κ3) is 5.16. The Balaban J connectivity index is 3.16. The van der Waals surface area contributed by atoms with Gasteiger partial charge in [-0.2, -0.15) is 24.4 Å². The van der Waals surface area contributed by atoms with Crippen molar-refractivity contribution in [1.29, 1.82) is 0 Å². The van der Waals surface area contributed by atoms with Crippen molar-refractivity contribution in [3.63, 3.8) is 0 Å². The van der Waals surface area contributed by atoms with Gasteiger partial charge in [0.2, 0.25) is 0 Å². The maximum absolute atomic E-state index is 4.36. The van der Waals surface area contributed by atoms with Crippen LogP contribution in [0, 0.1) is 5.92 Å². The Morgan fingerprint density at radius 3 is 2.33 bits per heavy atom. The molecule has 0 aromatic carbocycles. The van der Waals surface area contributed by atoms with E-state index in [1.807, 2.05) is 11.8 Å². The van der Waals surface area contributed by atoms with Gasteiger partial charge in [0.05, 0.1) is 0 Å². The average molecular weight is 164 g/mol. The molecular weight excluding hydrogens is 148 g/mol. The summed E-state index contributed by atoms with van der Waals surface area (Å²) in [6, 6.07) is 0. The molecule has 0 fully saturated rings. The summed E-state index contributed by atoms with van der Waals surface area (Å²) < 4.78 is 0. The highest BCUT2D eigenvalue weighted by atomic mass is 32.2. The molecule has 56 valence electrons. The Hall–Kier alpha value is 0.700. The largest absolute Gasteiger partial charge is 0.176 e. The van der Waals surface area contributed by atoms with Crippen molar-refractivity contribution in [2.75, 3.05) is 12.0 Å². The first-order valence-corrected chi connectivity index (χ1v) is 5.26. The van der Waals surface area contributed by atoms with Gasteiger partial charge in [0.1, 0.15) is 0 Å². The fourth-order valence-corrected chi connectivity index (χ4v) is 1.30. The molecule has 2 atom stereocenters. The zero-order valence-electron chi connectivity index (χ0n) is 6.42. The summed E-state index contributed by atoms with van der Waals surface area (Å²) in [5, 5.41) is 0.553. The molecular formula is C7H16S2. The second-order valence-electron chi connectivity index (χ2n) is 2.50. The Morgan fingerprint density at radius 1 is 1.44 bits per heavy atom. The maximum atomic E-state index is 4.36. The Labute approximate surface area is 68.2 Å². The minimum absolute atomic E-state index is 0.553. The predicted molar refractivity (Wildman–Crippen MR) is 50.6 cm³/mol. The molecule has 0 saturated heterocycles. The van der Waals surface area contributed by atoms with Gasteiger partial charge in [-0.3, -0.25) is 0 Å². The molecule has 2 unspecified atom stereocenters. The van der Waals surface area contributed by atoms with E-state index in [-0.39, 0.29) is 0 Å². The first-order valence-electron chi connectivity index (χ1n) is 3.35. The van der Waals surface area contributed by atoms with Crippen molar-refractivity contribution in [3.8, 4) is 0 Å². The summed E-state index contributed by atoms with van der Waals surface area (Å²) in [5.41, 5.74) is 0. The first kappa shape index (κ1) is 9.70. The van der Waals surface area contributed by atoms with Crippen molar-refractivity contribution >= 4 is 24.4 Å². The van der Waals surface area contributed by atoms with Crippen molar-refractivity contribution in [1.82, 2.24) is 0 Å². The standard InChI is InChI=1S/C7H16S2/c1-6(7(2)8)4-5-9-3/h6-8H,4-5H2,1-3H3. The number of hydrogen-bond donors (Lipinski definition) is 1. The van der Waals surface area contributed by atoms with Gasteiger partial charge in [0.25, 0.3) is 0 Å². The molecule has 9 heavy (non-hydrogen) atoms. The van der Waals surface area contributed by atoms with Crippen LogP contribution in [-0.4, -0.2) is 17.3 Å². The van der Waals surface area contributed by atoms with E-state index < -0.39 is 0 Å². The second-order valence-corrected chi connectivity index (χ2v) is 4.30. The van der Waals surface area contributed by atoms with Gasteiger partial charge in [-0.1, -0.05) is 13.8 Å². The smallest absolute Gasteiger partial charge is 0.00144 e. The highest BCUT2D eigenvalue weighted by Crippen LogP contribution is 2.14. The van der Waals surface area contributed by atoms with Crippen LogP contribution in [0.3, 0.4) is 0 Å². The van der Waals surface area contributed by atoms with Crippen molar-refractivity contribution in [3.05, 3.63) is 0 Å². The molecule has 0 heterocycles. The van der Waals surface area contributed by atoms with Crippen molar-refractivity contribution in [2.45, 2.75) is 25.5 Å². The molecule has 2 heteroatoms. The normalized spacial score (nSPS) is 17.3. The Bertz CT molecular complexity index is 61.9. The van der Waals surface area contributed by atoms with E-state index in [0.717, 1.165) is 5.92 Å². The summed E-state index contributed by atoms with van der Waals surface area (Å²) in [7, 11) is 0. The van der Waals surface area contributed by atoms with E-state index in [2.05, 4.69) is 32.7 Å². The number of thiol groups is 1. The highest BCUT2D eigenvalue weighted by molar-refractivity contribution is 7.98. The van der Waals surface area contributed by atoms with Crippen molar-refractivity contribution < 1.29 is 0 Å². The molecule has 0 aromatic heterocycles. The third-order valence-corrected chi connectivity index (χ3v) is 2.75. The molecule has 0 aromatic rings. The third-order valence-electron chi connectivity index (χ3n) is 1.60. The van der Waals surface area contributed by atoms with Crippen LogP contribution < -0.4 is 0 Å². The maximum Gasteiger partial charge on any atom is 0.00144 e. The fraction of sp³-hybridized carbons (Fsp3) is 1.00. The zero-order chi connectivity index (χ0) is 7.28. The summed E-state index contributed by atoms with van der Waals surface area (Å²) in [6.45, 7) is 4.42. The number of rotatable bonds is 4. The first-order chi connectivity index (χ1) is 4.18. The van der Waals surface area contributed by atoms with Crippen LogP contribution in [0.2, 0.25) is 0 Å². The molecule has 0 aliphatic heterocycles. The van der Waals surface area contributed by atoms with Crippen LogP contribution in [0.15, 0.2) is 0 Å². The quantitative estimate of drug-likeness (QED) is 0.623. The molecule has 0 aliphatic rings. The van der Waals surface area contributed by atoms with Gasteiger partial charge in [-0.25, -0.2) is 0 Å². The Kier molecular flexibility index (Phi) is 5.91. The molecule has 0 spiro atoms. The summed E-state index contributed by atoms with van der Waals surface area (Å²) in [5.74, 6) is 2.03. The Morgan fingerprint density at radius 2 is 2.00 bits per heavy atom. The summed E-state index contributed by atoms with van der Waals surface area (Å²) in [6.07, 6.45) is 3.45. The van der Waals surface area contributed by atoms with Crippen LogP contribution >= 0.6 is 24.4 Å². The van der Waals surface area contributed by atoms with Gasteiger partial charge in [0.15, 0.2) is 0 Å². The van der Waals surface area contributed by atoms with E-state index in [1.165, 1.54) is 12.2 Å². The predicted octanol–water partition coefficient (Wildman–Crippen LogP) is 2.69. The van der Waals surface area contributed by atoms with Crippen LogP contribution in [0.1, 0.15) is 20.3 Å². The lowest BCUT2D eigenvalue weighted by atomic mass is 10.1. The lowest BCUT2D eigenvalue weighted by molar-refractivity contribution is 0.565. The van der Waals surface area contributed by atoms with Crippen LogP contribution in [0.4, 0.5) is 0 Å². The molecule has 0 aliphatic carbocycles. The molecule has 0 saturated carbocycles.